The molecule has 0 aromatic carbocycles. The Balaban J connectivity index is 2.45. The number of thiol groups is 1. The molecule has 1 unspecified atom stereocenters. The Morgan fingerprint density at radius 1 is 1.50 bits per heavy atom. The molecule has 12 heavy (non-hydrogen) atoms. The zero-order valence-electron chi connectivity index (χ0n) is 7.79. The van der Waals surface area contributed by atoms with Crippen LogP contribution in [0.1, 0.15) is 32.6 Å². The fourth-order valence-electron chi connectivity index (χ4n) is 1.77. The van der Waals surface area contributed by atoms with Crippen LogP contribution in [-0.4, -0.2) is 29.1 Å². The number of hydrogen-bond acceptors (Lipinski definition) is 2. The molecule has 0 spiro atoms. The molecule has 0 saturated heterocycles. The smallest absolute Gasteiger partial charge is 0.235 e. The molecule has 0 aliphatic heterocycles. The van der Waals surface area contributed by atoms with Crippen LogP contribution in [0.2, 0.25) is 0 Å². The fourth-order valence-corrected chi connectivity index (χ4v) is 1.95. The summed E-state index contributed by atoms with van der Waals surface area (Å²) in [6.07, 6.45) is 4.87. The van der Waals surface area contributed by atoms with Crippen molar-refractivity contribution in [1.29, 1.82) is 0 Å². The molecule has 1 aliphatic carbocycles. The predicted molar refractivity (Wildman–Crippen MR) is 53.5 cm³/mol. The van der Waals surface area contributed by atoms with Crippen molar-refractivity contribution < 1.29 is 4.79 Å². The Hall–Kier alpha value is -0.180. The second-order valence-corrected chi connectivity index (χ2v) is 4.34. The Kier molecular flexibility index (Phi) is 3.44. The summed E-state index contributed by atoms with van der Waals surface area (Å²) < 4.78 is 0. The molecule has 1 saturated carbocycles. The SMILES string of the molecule is CC(S)C(=O)N(C)C1CCCC1. The lowest BCUT2D eigenvalue weighted by Crippen LogP contribution is -2.39. The molecule has 0 aromatic rings. The van der Waals surface area contributed by atoms with Crippen LogP contribution in [0.25, 0.3) is 0 Å². The minimum absolute atomic E-state index is 0.157. The van der Waals surface area contributed by atoms with E-state index >= 15 is 0 Å². The second kappa shape index (κ2) is 4.17. The van der Waals surface area contributed by atoms with Gasteiger partial charge in [-0.05, 0) is 19.8 Å². The first-order valence-corrected chi connectivity index (χ1v) is 5.09. The third-order valence-electron chi connectivity index (χ3n) is 2.58. The van der Waals surface area contributed by atoms with Crippen molar-refractivity contribution in [1.82, 2.24) is 4.90 Å². The van der Waals surface area contributed by atoms with E-state index in [4.69, 9.17) is 0 Å². The number of nitrogens with zero attached hydrogens (tertiary/aromatic N) is 1. The third kappa shape index (κ3) is 2.16. The molecule has 1 rings (SSSR count). The van der Waals surface area contributed by atoms with Crippen molar-refractivity contribution in [3.8, 4) is 0 Å². The van der Waals surface area contributed by atoms with Crippen molar-refractivity contribution >= 4 is 18.5 Å². The summed E-state index contributed by atoms with van der Waals surface area (Å²) in [5.74, 6) is 0.158. The Labute approximate surface area is 79.7 Å². The molecular formula is C9H17NOS. The average Bonchev–Trinajstić information content (AvgIpc) is 2.53. The van der Waals surface area contributed by atoms with Crippen LogP contribution in [-0.2, 0) is 4.79 Å². The predicted octanol–water partition coefficient (Wildman–Crippen LogP) is 1.71. The zero-order chi connectivity index (χ0) is 9.14. The normalized spacial score (nSPS) is 20.9. The quantitative estimate of drug-likeness (QED) is 0.652. The first kappa shape index (κ1) is 9.90. The fraction of sp³-hybridized carbons (Fsp3) is 0.889. The topological polar surface area (TPSA) is 20.3 Å². The summed E-state index contributed by atoms with van der Waals surface area (Å²) >= 11 is 4.13. The third-order valence-corrected chi connectivity index (χ3v) is 2.80. The highest BCUT2D eigenvalue weighted by atomic mass is 32.1. The lowest BCUT2D eigenvalue weighted by atomic mass is 10.2. The first-order chi connectivity index (χ1) is 5.63. The minimum atomic E-state index is -0.157. The minimum Gasteiger partial charge on any atom is -0.342 e. The van der Waals surface area contributed by atoms with Gasteiger partial charge in [-0.15, -0.1) is 0 Å². The van der Waals surface area contributed by atoms with Gasteiger partial charge in [0.1, 0.15) is 0 Å². The van der Waals surface area contributed by atoms with E-state index < -0.39 is 0 Å². The van der Waals surface area contributed by atoms with Crippen LogP contribution in [0.3, 0.4) is 0 Å². The van der Waals surface area contributed by atoms with Crippen molar-refractivity contribution in [2.75, 3.05) is 7.05 Å². The number of rotatable bonds is 2. The van der Waals surface area contributed by atoms with E-state index in [1.54, 1.807) is 0 Å². The summed E-state index contributed by atoms with van der Waals surface area (Å²) in [5, 5.41) is -0.157. The van der Waals surface area contributed by atoms with Crippen LogP contribution < -0.4 is 0 Å². The highest BCUT2D eigenvalue weighted by molar-refractivity contribution is 7.81. The second-order valence-electron chi connectivity index (χ2n) is 3.56. The molecule has 0 heterocycles. The highest BCUT2D eigenvalue weighted by Gasteiger charge is 2.24. The summed E-state index contributed by atoms with van der Waals surface area (Å²) in [6.45, 7) is 1.83. The van der Waals surface area contributed by atoms with Crippen molar-refractivity contribution in [3.05, 3.63) is 0 Å². The van der Waals surface area contributed by atoms with Crippen LogP contribution >= 0.6 is 12.6 Å². The average molecular weight is 187 g/mol. The maximum Gasteiger partial charge on any atom is 0.235 e. The molecule has 1 fully saturated rings. The molecule has 3 heteroatoms. The van der Waals surface area contributed by atoms with Crippen LogP contribution in [0, 0.1) is 0 Å². The number of amides is 1. The van der Waals surface area contributed by atoms with Gasteiger partial charge in [-0.1, -0.05) is 12.8 Å². The summed E-state index contributed by atoms with van der Waals surface area (Å²) in [4.78, 5) is 13.3. The summed E-state index contributed by atoms with van der Waals surface area (Å²) in [5.41, 5.74) is 0. The van der Waals surface area contributed by atoms with Crippen LogP contribution in [0.5, 0.6) is 0 Å². The number of carbonyl (C=O) groups excluding carboxylic acids is 1. The van der Waals surface area contributed by atoms with Gasteiger partial charge in [0.2, 0.25) is 5.91 Å². The largest absolute Gasteiger partial charge is 0.342 e. The molecule has 1 aliphatic rings. The van der Waals surface area contributed by atoms with E-state index in [1.165, 1.54) is 25.7 Å². The summed E-state index contributed by atoms with van der Waals surface area (Å²) in [6, 6.07) is 0.479. The van der Waals surface area contributed by atoms with E-state index in [-0.39, 0.29) is 11.2 Å². The standard InChI is InChI=1S/C9H17NOS/c1-7(12)9(11)10(2)8-5-3-4-6-8/h7-8,12H,3-6H2,1-2H3. The number of hydrogen-bond donors (Lipinski definition) is 1. The molecule has 2 nitrogen and oxygen atoms in total. The van der Waals surface area contributed by atoms with Gasteiger partial charge in [0.05, 0.1) is 5.25 Å². The zero-order valence-corrected chi connectivity index (χ0v) is 8.68. The van der Waals surface area contributed by atoms with E-state index in [1.807, 2.05) is 18.9 Å². The molecule has 0 aromatic heterocycles. The summed E-state index contributed by atoms with van der Waals surface area (Å²) in [7, 11) is 1.89. The lowest BCUT2D eigenvalue weighted by Gasteiger charge is -2.25. The van der Waals surface area contributed by atoms with E-state index in [9.17, 15) is 4.79 Å². The molecule has 1 atom stereocenters. The molecular weight excluding hydrogens is 170 g/mol. The van der Waals surface area contributed by atoms with Gasteiger partial charge in [0.15, 0.2) is 0 Å². The maximum atomic E-state index is 11.5. The van der Waals surface area contributed by atoms with E-state index in [0.29, 0.717) is 6.04 Å². The molecule has 1 amide bonds. The van der Waals surface area contributed by atoms with Crippen LogP contribution in [0.15, 0.2) is 0 Å². The first-order valence-electron chi connectivity index (χ1n) is 4.57. The van der Waals surface area contributed by atoms with Crippen molar-refractivity contribution in [2.45, 2.75) is 43.9 Å². The Morgan fingerprint density at radius 3 is 2.42 bits per heavy atom. The van der Waals surface area contributed by atoms with Crippen LogP contribution in [0.4, 0.5) is 0 Å². The monoisotopic (exact) mass is 187 g/mol. The molecule has 0 N–H and O–H groups in total. The Bertz CT molecular complexity index is 164. The van der Waals surface area contributed by atoms with Gasteiger partial charge in [0.25, 0.3) is 0 Å². The molecule has 70 valence electrons. The van der Waals surface area contributed by atoms with Gasteiger partial charge in [-0.2, -0.15) is 12.6 Å². The van der Waals surface area contributed by atoms with Gasteiger partial charge in [-0.25, -0.2) is 0 Å². The van der Waals surface area contributed by atoms with E-state index in [2.05, 4.69) is 12.6 Å². The molecule has 0 radical (unpaired) electrons. The maximum absolute atomic E-state index is 11.5. The lowest BCUT2D eigenvalue weighted by molar-refractivity contribution is -0.130. The highest BCUT2D eigenvalue weighted by Crippen LogP contribution is 2.23. The van der Waals surface area contributed by atoms with Crippen molar-refractivity contribution in [3.63, 3.8) is 0 Å². The number of carbonyl (C=O) groups is 1. The Morgan fingerprint density at radius 2 is 2.00 bits per heavy atom. The molecule has 0 bridgehead atoms. The van der Waals surface area contributed by atoms with E-state index in [0.717, 1.165) is 0 Å². The van der Waals surface area contributed by atoms with Gasteiger partial charge in [-0.3, -0.25) is 4.79 Å². The van der Waals surface area contributed by atoms with Gasteiger partial charge >= 0.3 is 0 Å². The van der Waals surface area contributed by atoms with Gasteiger partial charge in [0, 0.05) is 13.1 Å². The van der Waals surface area contributed by atoms with Gasteiger partial charge < -0.3 is 4.90 Å². The van der Waals surface area contributed by atoms with Crippen molar-refractivity contribution in [2.24, 2.45) is 0 Å².